The molecule has 2 heterocycles. The predicted octanol–water partition coefficient (Wildman–Crippen LogP) is 2.13. The van der Waals surface area contributed by atoms with E-state index in [9.17, 15) is 0 Å². The molecular weight excluding hydrogens is 174 g/mol. The summed E-state index contributed by atoms with van der Waals surface area (Å²) in [7, 11) is 0. The van der Waals surface area contributed by atoms with Crippen LogP contribution in [0.25, 0.3) is 11.3 Å². The second-order valence-corrected chi connectivity index (χ2v) is 2.67. The maximum atomic E-state index is 5.86. The van der Waals surface area contributed by atoms with E-state index in [2.05, 4.69) is 15.0 Å². The van der Waals surface area contributed by atoms with E-state index in [-0.39, 0.29) is 0 Å². The van der Waals surface area contributed by atoms with E-state index in [0.29, 0.717) is 5.15 Å². The van der Waals surface area contributed by atoms with Gasteiger partial charge in [-0.25, -0.2) is 9.97 Å². The Morgan fingerprint density at radius 1 is 1.42 bits per heavy atom. The largest absolute Gasteiger partial charge is 0.345 e. The van der Waals surface area contributed by atoms with E-state index in [4.69, 9.17) is 11.6 Å². The highest BCUT2D eigenvalue weighted by molar-refractivity contribution is 6.31. The second-order valence-electron chi connectivity index (χ2n) is 2.31. The smallest absolute Gasteiger partial charge is 0.138 e. The van der Waals surface area contributed by atoms with Crippen LogP contribution in [0.2, 0.25) is 5.15 Å². The molecule has 0 radical (unpaired) electrons. The average molecular weight is 180 g/mol. The third-order valence-corrected chi connectivity index (χ3v) is 1.85. The van der Waals surface area contributed by atoms with Crippen molar-refractivity contribution in [3.8, 4) is 11.3 Å². The zero-order chi connectivity index (χ0) is 8.39. The third kappa shape index (κ3) is 1.19. The van der Waals surface area contributed by atoms with Crippen LogP contribution in [0, 0.1) is 0 Å². The summed E-state index contributed by atoms with van der Waals surface area (Å²) in [6, 6.07) is 3.73. The van der Waals surface area contributed by atoms with Crippen LogP contribution in [0.5, 0.6) is 0 Å². The summed E-state index contributed by atoms with van der Waals surface area (Å²) in [5, 5.41) is 0.488. The fourth-order valence-corrected chi connectivity index (χ4v) is 1.21. The van der Waals surface area contributed by atoms with Crippen molar-refractivity contribution in [2.24, 2.45) is 0 Å². The molecule has 1 N–H and O–H groups in total. The minimum Gasteiger partial charge on any atom is -0.345 e. The first-order chi connectivity index (χ1) is 5.88. The van der Waals surface area contributed by atoms with Crippen molar-refractivity contribution < 1.29 is 0 Å². The number of H-pyrrole nitrogens is 1. The molecule has 0 aliphatic carbocycles. The van der Waals surface area contributed by atoms with Gasteiger partial charge in [0.25, 0.3) is 0 Å². The Morgan fingerprint density at radius 3 is 3.00 bits per heavy atom. The average Bonchev–Trinajstić information content (AvgIpc) is 2.57. The van der Waals surface area contributed by atoms with E-state index >= 15 is 0 Å². The molecule has 0 spiro atoms. The van der Waals surface area contributed by atoms with Crippen molar-refractivity contribution >= 4 is 11.6 Å². The van der Waals surface area contributed by atoms with Gasteiger partial charge in [-0.05, 0) is 12.1 Å². The lowest BCUT2D eigenvalue weighted by atomic mass is 10.2. The van der Waals surface area contributed by atoms with E-state index < -0.39 is 0 Å². The Balaban J connectivity index is 2.55. The topological polar surface area (TPSA) is 41.6 Å². The van der Waals surface area contributed by atoms with Gasteiger partial charge in [-0.2, -0.15) is 0 Å². The third-order valence-electron chi connectivity index (χ3n) is 1.55. The van der Waals surface area contributed by atoms with Gasteiger partial charge in [0, 0.05) is 11.8 Å². The molecule has 60 valence electrons. The van der Waals surface area contributed by atoms with Crippen molar-refractivity contribution in [2.75, 3.05) is 0 Å². The van der Waals surface area contributed by atoms with Crippen molar-refractivity contribution in [2.45, 2.75) is 0 Å². The lowest BCUT2D eigenvalue weighted by molar-refractivity contribution is 1.29. The summed E-state index contributed by atoms with van der Waals surface area (Å²) in [6.45, 7) is 0. The second kappa shape index (κ2) is 2.95. The molecule has 0 amide bonds. The molecule has 0 unspecified atom stereocenters. The van der Waals surface area contributed by atoms with E-state index in [0.717, 1.165) is 11.3 Å². The molecule has 0 saturated carbocycles. The van der Waals surface area contributed by atoms with Gasteiger partial charge >= 0.3 is 0 Å². The minimum atomic E-state index is 0.488. The summed E-state index contributed by atoms with van der Waals surface area (Å²) in [4.78, 5) is 10.8. The van der Waals surface area contributed by atoms with Gasteiger partial charge in [-0.1, -0.05) is 11.6 Å². The van der Waals surface area contributed by atoms with Gasteiger partial charge in [0.1, 0.15) is 5.15 Å². The highest BCUT2D eigenvalue weighted by Crippen LogP contribution is 2.22. The summed E-state index contributed by atoms with van der Waals surface area (Å²) in [5.41, 5.74) is 1.75. The first-order valence-corrected chi connectivity index (χ1v) is 3.85. The van der Waals surface area contributed by atoms with Crippen molar-refractivity contribution in [1.82, 2.24) is 15.0 Å². The predicted molar refractivity (Wildman–Crippen MR) is 46.8 cm³/mol. The highest BCUT2D eigenvalue weighted by Gasteiger charge is 2.03. The molecule has 0 aliphatic heterocycles. The number of nitrogens with one attached hydrogen (secondary N) is 1. The van der Waals surface area contributed by atoms with Gasteiger partial charge in [-0.15, -0.1) is 0 Å². The van der Waals surface area contributed by atoms with Crippen molar-refractivity contribution in [1.29, 1.82) is 0 Å². The molecule has 4 heteroatoms. The standard InChI is InChI=1S/C8H6ClN3/c9-8-6(2-1-3-11-8)7-4-10-5-12-7/h1-5H,(H,10,12). The number of aromatic amines is 1. The molecule has 0 fully saturated rings. The van der Waals surface area contributed by atoms with Crippen molar-refractivity contribution in [3.63, 3.8) is 0 Å². The minimum absolute atomic E-state index is 0.488. The summed E-state index contributed by atoms with van der Waals surface area (Å²) in [5.74, 6) is 0. The fourth-order valence-electron chi connectivity index (χ4n) is 0.990. The number of halogens is 1. The van der Waals surface area contributed by atoms with E-state index in [1.54, 1.807) is 18.7 Å². The molecule has 2 aromatic rings. The van der Waals surface area contributed by atoms with Crippen LogP contribution in [0.4, 0.5) is 0 Å². The molecule has 0 aliphatic rings. The zero-order valence-electron chi connectivity index (χ0n) is 6.16. The number of hydrogen-bond acceptors (Lipinski definition) is 2. The molecular formula is C8H6ClN3. The van der Waals surface area contributed by atoms with Gasteiger partial charge in [0.15, 0.2) is 0 Å². The Labute approximate surface area is 74.4 Å². The quantitative estimate of drug-likeness (QED) is 0.682. The lowest BCUT2D eigenvalue weighted by Gasteiger charge is -1.97. The molecule has 3 nitrogen and oxygen atoms in total. The number of aromatic nitrogens is 3. The van der Waals surface area contributed by atoms with Crippen LogP contribution >= 0.6 is 11.6 Å². The Hall–Kier alpha value is -1.35. The molecule has 0 bridgehead atoms. The normalized spacial score (nSPS) is 10.1. The number of nitrogens with zero attached hydrogens (tertiary/aromatic N) is 2. The monoisotopic (exact) mass is 179 g/mol. The number of imidazole rings is 1. The highest BCUT2D eigenvalue weighted by atomic mass is 35.5. The van der Waals surface area contributed by atoms with Crippen molar-refractivity contribution in [3.05, 3.63) is 36.0 Å². The maximum Gasteiger partial charge on any atom is 0.138 e. The van der Waals surface area contributed by atoms with Crippen LogP contribution in [-0.4, -0.2) is 15.0 Å². The van der Waals surface area contributed by atoms with Gasteiger partial charge in [-0.3, -0.25) is 0 Å². The van der Waals surface area contributed by atoms with Crippen LogP contribution < -0.4 is 0 Å². The Morgan fingerprint density at radius 2 is 2.33 bits per heavy atom. The molecule has 0 atom stereocenters. The van der Waals surface area contributed by atoms with Gasteiger partial charge in [0.05, 0.1) is 18.2 Å². The van der Waals surface area contributed by atoms with Crippen LogP contribution in [-0.2, 0) is 0 Å². The fraction of sp³-hybridized carbons (Fsp3) is 0. The van der Waals surface area contributed by atoms with Gasteiger partial charge in [0.2, 0.25) is 0 Å². The molecule has 0 aromatic carbocycles. The molecule has 2 rings (SSSR count). The first kappa shape index (κ1) is 7.31. The van der Waals surface area contributed by atoms with Crippen LogP contribution in [0.1, 0.15) is 0 Å². The summed E-state index contributed by atoms with van der Waals surface area (Å²) < 4.78 is 0. The molecule has 12 heavy (non-hydrogen) atoms. The Bertz CT molecular complexity index is 370. The zero-order valence-corrected chi connectivity index (χ0v) is 6.92. The van der Waals surface area contributed by atoms with Gasteiger partial charge < -0.3 is 4.98 Å². The summed E-state index contributed by atoms with van der Waals surface area (Å²) >= 11 is 5.86. The number of rotatable bonds is 1. The summed E-state index contributed by atoms with van der Waals surface area (Å²) in [6.07, 6.45) is 4.98. The van der Waals surface area contributed by atoms with E-state index in [1.165, 1.54) is 0 Å². The molecule has 2 aromatic heterocycles. The number of hydrogen-bond donors (Lipinski definition) is 1. The van der Waals surface area contributed by atoms with Crippen LogP contribution in [0.15, 0.2) is 30.9 Å². The Kier molecular flexibility index (Phi) is 1.80. The van der Waals surface area contributed by atoms with Crippen LogP contribution in [0.3, 0.4) is 0 Å². The molecule has 0 saturated heterocycles. The maximum absolute atomic E-state index is 5.86. The number of pyridine rings is 1. The SMILES string of the molecule is Clc1ncccc1-c1cnc[nH]1. The van der Waals surface area contributed by atoms with E-state index in [1.807, 2.05) is 12.1 Å². The first-order valence-electron chi connectivity index (χ1n) is 3.47. The lowest BCUT2D eigenvalue weighted by Crippen LogP contribution is -1.81.